The maximum atomic E-state index is 10.5. The van der Waals surface area contributed by atoms with Crippen LogP contribution < -0.4 is 39.2 Å². The molecule has 10 aromatic heterocycles. The van der Waals surface area contributed by atoms with E-state index >= 15 is 0 Å². The number of anilines is 14. The predicted octanol–water partition coefficient (Wildman–Crippen LogP) is 25.7. The fourth-order valence-corrected chi connectivity index (χ4v) is 18.5. The number of hydrogen-bond donors (Lipinski definition) is 4. The number of phenols is 4. The second-order valence-corrected chi connectivity index (χ2v) is 32.5. The van der Waals surface area contributed by atoms with Gasteiger partial charge in [0.15, 0.2) is 0 Å². The predicted molar refractivity (Wildman–Crippen MR) is 541 cm³/mol. The third-order valence-electron chi connectivity index (χ3n) is 24.7. The van der Waals surface area contributed by atoms with Crippen molar-refractivity contribution < 1.29 is 105 Å². The molecule has 22 nitrogen and oxygen atoms in total. The standard InChI is InChI=1S/C30H20N4O.2C29H19N5O.C26H18N4O.4Pt/c35-29-14-6-5-13-27(29)33-20-32(25-11-3-4-12-26(25)33)21-16-17-23-22-9-1-2-10-24(22)34(28(23)19-21)30-15-7-8-18-31-30;35-27-12-4-3-10-24(27)33-19-32(29-25(33)11-7-17-31-29)20-14-15-22-21-8-1-2-9-23(21)34(26(22)18-20)28-13-5-6-16-30-28;35-27-12-4-3-10-24(27)33-19-32(25-11-7-17-31-29(25)33)20-14-15-22-21-8-1-2-9-23(21)34(26(22)18-20)28-13-5-6-16-30-28;31-25-10-4-3-9-23(25)29-16-15-28(18-29)19-12-13-21-20-7-1-2-8-22(20)30(24(21)17-19)26-11-5-6-14-27-26;;;;/h1-18,20,35H;2*1-17,19,35H;1-16,18,31H;;;;/q4*-2;4*+2. The van der Waals surface area contributed by atoms with Gasteiger partial charge in [0.2, 0.25) is 0 Å². The Morgan fingerprint density at radius 1 is 0.193 bits per heavy atom. The summed E-state index contributed by atoms with van der Waals surface area (Å²) < 4.78 is 8.60. The fourth-order valence-electron chi connectivity index (χ4n) is 18.5. The van der Waals surface area contributed by atoms with Crippen molar-refractivity contribution in [3.8, 4) is 46.3 Å². The van der Waals surface area contributed by atoms with Crippen LogP contribution in [0.1, 0.15) is 0 Å². The van der Waals surface area contributed by atoms with Crippen LogP contribution in [0, 0.1) is 50.9 Å². The van der Waals surface area contributed by atoms with Gasteiger partial charge in [-0.2, -0.15) is 24.3 Å². The van der Waals surface area contributed by atoms with Crippen molar-refractivity contribution in [2.24, 2.45) is 0 Å². The van der Waals surface area contributed by atoms with Crippen molar-refractivity contribution in [1.29, 1.82) is 0 Å². The quantitative estimate of drug-likeness (QED) is 0.0840. The Morgan fingerprint density at radius 3 is 0.843 bits per heavy atom. The Hall–Kier alpha value is -15.9. The second kappa shape index (κ2) is 39.3. The van der Waals surface area contributed by atoms with Crippen LogP contribution in [0.2, 0.25) is 0 Å². The van der Waals surface area contributed by atoms with Crippen LogP contribution in [-0.4, -0.2) is 68.6 Å². The Kier molecular flexibility index (Phi) is 25.7. The number of fused-ring (bicyclic) bond motifs is 15. The number of hydrogen-bond acceptors (Lipinski definition) is 18. The monoisotopic (exact) mass is 2540 g/mol. The van der Waals surface area contributed by atoms with Crippen LogP contribution in [-0.2, 0) is 84.3 Å². The van der Waals surface area contributed by atoms with Crippen molar-refractivity contribution in [2.45, 2.75) is 0 Å². The summed E-state index contributed by atoms with van der Waals surface area (Å²) in [5, 5.41) is 50.9. The Balaban J connectivity index is 0.000000114. The zero-order chi connectivity index (χ0) is 90.9. The van der Waals surface area contributed by atoms with Crippen molar-refractivity contribution in [3.63, 3.8) is 0 Å². The van der Waals surface area contributed by atoms with Crippen LogP contribution in [0.25, 0.3) is 110 Å². The molecule has 14 heterocycles. The van der Waals surface area contributed by atoms with E-state index in [1.807, 2.05) is 275 Å². The van der Waals surface area contributed by atoms with Gasteiger partial charge in [0.25, 0.3) is 0 Å². The number of nitrogens with zero attached hydrogens (tertiary/aromatic N) is 18. The summed E-state index contributed by atoms with van der Waals surface area (Å²) in [6.45, 7) is 7.82. The number of para-hydroxylation sites is 14. The van der Waals surface area contributed by atoms with Crippen LogP contribution in [0.4, 0.5) is 79.9 Å². The SMILES string of the molecule is Oc1ccccc1N1C=CN(c2[c-]c3c(cc2)c2ccccc2n3-c2ccccn2)[CH-]1.Oc1ccccc1N1[CH-]N(c2[c-]c3c(cc2)c2ccccc2n3-c2ccccn2)c2ccccc21.Oc1ccccc1N1[CH-]N(c2[c-]c3c(cc2)c2ccccc2n3-c2ccccn2)c2cccnc21.Oc1ccccc1N1[CH-]N(c2[c-]c3c(cc2)c2ccccc2n3-c2ccccn2)c2ncccc21.[Pt+2].[Pt+2].[Pt+2].[Pt+2]. The molecule has 140 heavy (non-hydrogen) atoms. The van der Waals surface area contributed by atoms with Gasteiger partial charge in [-0.15, -0.1) is 120 Å². The molecule has 0 atom stereocenters. The molecule has 0 radical (unpaired) electrons. The molecule has 0 saturated heterocycles. The molecule has 0 spiro atoms. The first-order valence-electron chi connectivity index (χ1n) is 44.2. The molecule has 0 fully saturated rings. The van der Waals surface area contributed by atoms with Crippen molar-refractivity contribution in [2.75, 3.05) is 39.2 Å². The summed E-state index contributed by atoms with van der Waals surface area (Å²) in [4.78, 5) is 43.6. The minimum atomic E-state index is 0. The second-order valence-electron chi connectivity index (χ2n) is 32.5. The van der Waals surface area contributed by atoms with Gasteiger partial charge >= 0.3 is 84.3 Å². The van der Waals surface area contributed by atoms with E-state index in [-0.39, 0.29) is 107 Å². The molecule has 4 aliphatic rings. The summed E-state index contributed by atoms with van der Waals surface area (Å²) in [6, 6.07) is 134. The number of aromatic hydroxyl groups is 4. The first kappa shape index (κ1) is 91.8. The summed E-state index contributed by atoms with van der Waals surface area (Å²) >= 11 is 0. The molecule has 4 N–H and O–H groups in total. The molecule has 23 aromatic rings. The van der Waals surface area contributed by atoms with Gasteiger partial charge in [-0.3, -0.25) is 0 Å². The van der Waals surface area contributed by atoms with E-state index in [1.54, 1.807) is 55.2 Å². The topological polar surface area (TPSA) is 204 Å². The molecule has 686 valence electrons. The van der Waals surface area contributed by atoms with Crippen LogP contribution in [0.15, 0.2) is 414 Å². The zero-order valence-corrected chi connectivity index (χ0v) is 82.8. The summed E-state index contributed by atoms with van der Waals surface area (Å²) in [5.41, 5.74) is 18.3. The molecule has 4 aliphatic heterocycles. The van der Waals surface area contributed by atoms with E-state index in [0.717, 1.165) is 174 Å². The van der Waals surface area contributed by atoms with Crippen molar-refractivity contribution >= 4 is 167 Å². The Bertz CT molecular complexity index is 7960. The van der Waals surface area contributed by atoms with Gasteiger partial charge in [0.1, 0.15) is 57.9 Å². The Labute approximate surface area is 862 Å². The molecular weight excluding hydrogens is 2470 g/mol. The van der Waals surface area contributed by atoms with Crippen LogP contribution in [0.3, 0.4) is 0 Å². The summed E-state index contributed by atoms with van der Waals surface area (Å²) in [5.74, 6) is 5.77. The number of benzene rings is 13. The summed E-state index contributed by atoms with van der Waals surface area (Å²) in [7, 11) is 0. The first-order chi connectivity index (χ1) is 67.2. The van der Waals surface area contributed by atoms with E-state index in [1.165, 1.54) is 5.39 Å². The van der Waals surface area contributed by atoms with Gasteiger partial charge < -0.3 is 77.9 Å². The van der Waals surface area contributed by atoms with Gasteiger partial charge in [0.05, 0.1) is 34.1 Å². The average molecular weight is 2540 g/mol. The van der Waals surface area contributed by atoms with Crippen molar-refractivity contribution in [3.05, 3.63) is 465 Å². The van der Waals surface area contributed by atoms with E-state index in [4.69, 9.17) is 0 Å². The number of pyridine rings is 6. The van der Waals surface area contributed by atoms with Gasteiger partial charge in [-0.05, 0) is 192 Å². The maximum Gasteiger partial charge on any atom is 2.00 e. The van der Waals surface area contributed by atoms with Crippen LogP contribution in [0.5, 0.6) is 23.0 Å². The van der Waals surface area contributed by atoms with Gasteiger partial charge in [-0.25, -0.2) is 29.9 Å². The average Bonchev–Trinajstić information content (AvgIpc) is 1.58. The van der Waals surface area contributed by atoms with E-state index in [2.05, 4.69) is 222 Å². The fraction of sp³-hybridized carbons (Fsp3) is 0. The van der Waals surface area contributed by atoms with Crippen LogP contribution >= 0.6 is 0 Å². The number of aromatic nitrogens is 10. The molecular formula is C114H76N18O4Pt4. The molecule has 27 rings (SSSR count). The largest absolute Gasteiger partial charge is 2.00 e. The minimum absolute atomic E-state index is 0. The Morgan fingerprint density at radius 2 is 0.457 bits per heavy atom. The normalized spacial score (nSPS) is 12.8. The molecule has 26 heteroatoms. The minimum Gasteiger partial charge on any atom is -0.506 e. The molecule has 13 aromatic carbocycles. The third kappa shape index (κ3) is 16.4. The number of rotatable bonds is 12. The third-order valence-corrected chi connectivity index (χ3v) is 24.7. The maximum absolute atomic E-state index is 10.5. The van der Waals surface area contributed by atoms with Gasteiger partial charge in [0, 0.05) is 70.6 Å². The van der Waals surface area contributed by atoms with E-state index in [9.17, 15) is 20.4 Å². The molecule has 0 bridgehead atoms. The van der Waals surface area contributed by atoms with Gasteiger partial charge in [-0.1, -0.05) is 180 Å². The number of phenolic OH excluding ortho intramolecular Hbond substituents is 4. The van der Waals surface area contributed by atoms with E-state index in [0.29, 0.717) is 11.4 Å². The van der Waals surface area contributed by atoms with Crippen molar-refractivity contribution in [1.82, 2.24) is 48.2 Å². The molecule has 0 aliphatic carbocycles. The summed E-state index contributed by atoms with van der Waals surface area (Å²) in [6.07, 6.45) is 14.6. The first-order valence-corrected chi connectivity index (χ1v) is 44.2. The molecule has 0 saturated carbocycles. The zero-order valence-electron chi connectivity index (χ0n) is 73.7. The van der Waals surface area contributed by atoms with E-state index < -0.39 is 0 Å². The molecule has 0 unspecified atom stereocenters. The smallest absolute Gasteiger partial charge is 0.506 e. The molecule has 0 amide bonds.